The van der Waals surface area contributed by atoms with Gasteiger partial charge in [0.1, 0.15) is 0 Å². The first kappa shape index (κ1) is 17.3. The van der Waals surface area contributed by atoms with E-state index in [4.69, 9.17) is 5.11 Å². The molecule has 2 aromatic carbocycles. The minimum absolute atomic E-state index is 0.194. The number of carbonyl (C=O) groups excluding carboxylic acids is 1. The molecule has 0 aliphatic rings. The molecule has 0 fully saturated rings. The third-order valence-corrected chi connectivity index (χ3v) is 2.78. The van der Waals surface area contributed by atoms with Gasteiger partial charge in [0.05, 0.1) is 0 Å². The molecule has 126 valence electrons. The van der Waals surface area contributed by atoms with Crippen LogP contribution in [0.15, 0.2) is 24.3 Å². The Bertz CT molecular complexity index is 819. The molecular formula is C15H7F5O4. The minimum Gasteiger partial charge on any atom is -0.504 e. The Morgan fingerprint density at radius 1 is 0.875 bits per heavy atom. The second-order valence-electron chi connectivity index (χ2n) is 4.40. The third kappa shape index (κ3) is 3.29. The molecule has 2 aromatic rings. The molecule has 0 spiro atoms. The van der Waals surface area contributed by atoms with E-state index in [2.05, 4.69) is 4.74 Å². The summed E-state index contributed by atoms with van der Waals surface area (Å²) >= 11 is 0. The summed E-state index contributed by atoms with van der Waals surface area (Å²) in [6.07, 6.45) is 1.65. The molecule has 0 radical (unpaired) electrons. The molecule has 2 N–H and O–H groups in total. The number of phenols is 2. The van der Waals surface area contributed by atoms with Crippen molar-refractivity contribution in [1.29, 1.82) is 0 Å². The van der Waals surface area contributed by atoms with E-state index in [1.807, 2.05) is 0 Å². The van der Waals surface area contributed by atoms with Crippen LogP contribution in [0.2, 0.25) is 0 Å². The van der Waals surface area contributed by atoms with Crippen LogP contribution in [0.5, 0.6) is 17.2 Å². The molecule has 0 heterocycles. The highest BCUT2D eigenvalue weighted by atomic mass is 19.2. The summed E-state index contributed by atoms with van der Waals surface area (Å²) < 4.78 is 69.6. The number of carbonyl (C=O) groups is 1. The summed E-state index contributed by atoms with van der Waals surface area (Å²) in [6.45, 7) is 0. The zero-order valence-electron chi connectivity index (χ0n) is 11.5. The molecule has 2 rings (SSSR count). The lowest BCUT2D eigenvalue weighted by molar-refractivity contribution is -0.129. The van der Waals surface area contributed by atoms with Gasteiger partial charge in [-0.05, 0) is 23.8 Å². The number of ether oxygens (including phenoxy) is 1. The second kappa shape index (κ2) is 6.57. The van der Waals surface area contributed by atoms with Crippen LogP contribution in [-0.4, -0.2) is 16.2 Å². The zero-order valence-corrected chi connectivity index (χ0v) is 11.5. The molecule has 0 aliphatic heterocycles. The maximum Gasteiger partial charge on any atom is 0.336 e. The molecule has 0 unspecified atom stereocenters. The Balaban J connectivity index is 2.24. The molecule has 0 bridgehead atoms. The van der Waals surface area contributed by atoms with Crippen LogP contribution in [0.1, 0.15) is 5.56 Å². The summed E-state index contributed by atoms with van der Waals surface area (Å²) in [5, 5.41) is 18.3. The van der Waals surface area contributed by atoms with Crippen LogP contribution >= 0.6 is 0 Å². The molecule has 0 aromatic heterocycles. The molecule has 0 aliphatic carbocycles. The first-order valence-electron chi connectivity index (χ1n) is 6.15. The van der Waals surface area contributed by atoms with Crippen molar-refractivity contribution in [2.75, 3.05) is 0 Å². The van der Waals surface area contributed by atoms with Crippen LogP contribution in [0.4, 0.5) is 22.0 Å². The number of hydrogen-bond acceptors (Lipinski definition) is 4. The van der Waals surface area contributed by atoms with Crippen LogP contribution in [0.25, 0.3) is 6.08 Å². The van der Waals surface area contributed by atoms with Crippen molar-refractivity contribution in [2.45, 2.75) is 0 Å². The highest BCUT2D eigenvalue weighted by Crippen LogP contribution is 2.29. The zero-order chi connectivity index (χ0) is 18.0. The summed E-state index contributed by atoms with van der Waals surface area (Å²) in [5.74, 6) is -15.5. The summed E-state index contributed by atoms with van der Waals surface area (Å²) in [4.78, 5) is 11.5. The Labute approximate surface area is 131 Å². The van der Waals surface area contributed by atoms with Crippen molar-refractivity contribution < 1.29 is 41.7 Å². The highest BCUT2D eigenvalue weighted by Gasteiger charge is 2.28. The van der Waals surface area contributed by atoms with Crippen molar-refractivity contribution in [3.05, 3.63) is 58.9 Å². The van der Waals surface area contributed by atoms with Crippen molar-refractivity contribution in [3.8, 4) is 17.2 Å². The van der Waals surface area contributed by atoms with Crippen molar-refractivity contribution in [1.82, 2.24) is 0 Å². The Morgan fingerprint density at radius 3 is 1.96 bits per heavy atom. The fraction of sp³-hybridized carbons (Fsp3) is 0. The van der Waals surface area contributed by atoms with E-state index in [1.54, 1.807) is 0 Å². The fourth-order valence-corrected chi connectivity index (χ4v) is 1.62. The van der Waals surface area contributed by atoms with Gasteiger partial charge in [0.2, 0.25) is 34.8 Å². The predicted molar refractivity (Wildman–Crippen MR) is 70.7 cm³/mol. The quantitative estimate of drug-likeness (QED) is 0.170. The smallest absolute Gasteiger partial charge is 0.336 e. The fourth-order valence-electron chi connectivity index (χ4n) is 1.62. The average Bonchev–Trinajstić information content (AvgIpc) is 2.56. The molecule has 4 nitrogen and oxygen atoms in total. The van der Waals surface area contributed by atoms with Gasteiger partial charge in [-0.3, -0.25) is 0 Å². The number of benzene rings is 2. The standard InChI is InChI=1S/C15H7F5O4/c16-10-11(17)13(19)15(14(20)12(10)18)24-9(23)4-2-6-1-3-7(21)8(22)5-6/h1-5,21-22H. The Morgan fingerprint density at radius 2 is 1.42 bits per heavy atom. The number of rotatable bonds is 3. The molecule has 24 heavy (non-hydrogen) atoms. The van der Waals surface area contributed by atoms with Crippen molar-refractivity contribution in [2.24, 2.45) is 0 Å². The number of halogens is 5. The lowest BCUT2D eigenvalue weighted by Crippen LogP contribution is -2.11. The number of aromatic hydroxyl groups is 2. The van der Waals surface area contributed by atoms with Crippen LogP contribution in [-0.2, 0) is 4.79 Å². The molecule has 0 saturated carbocycles. The van der Waals surface area contributed by atoms with Crippen molar-refractivity contribution in [3.63, 3.8) is 0 Å². The molecule has 0 saturated heterocycles. The van der Waals surface area contributed by atoms with Gasteiger partial charge in [0.15, 0.2) is 11.5 Å². The second-order valence-corrected chi connectivity index (χ2v) is 4.40. The molecule has 9 heteroatoms. The van der Waals surface area contributed by atoms with Gasteiger partial charge in [-0.25, -0.2) is 18.0 Å². The number of hydrogen-bond donors (Lipinski definition) is 2. The summed E-state index contributed by atoms with van der Waals surface area (Å²) in [5.41, 5.74) is 0.194. The molecular weight excluding hydrogens is 339 g/mol. The van der Waals surface area contributed by atoms with E-state index < -0.39 is 52.3 Å². The van der Waals surface area contributed by atoms with Gasteiger partial charge < -0.3 is 14.9 Å². The maximum atomic E-state index is 13.3. The van der Waals surface area contributed by atoms with Crippen LogP contribution in [0, 0.1) is 29.1 Å². The van der Waals surface area contributed by atoms with Gasteiger partial charge in [0.25, 0.3) is 0 Å². The van der Waals surface area contributed by atoms with Crippen LogP contribution in [0.3, 0.4) is 0 Å². The minimum atomic E-state index is -2.38. The van der Waals surface area contributed by atoms with Crippen LogP contribution < -0.4 is 4.74 Å². The van der Waals surface area contributed by atoms with Gasteiger partial charge >= 0.3 is 5.97 Å². The topological polar surface area (TPSA) is 66.8 Å². The first-order valence-corrected chi connectivity index (χ1v) is 6.15. The predicted octanol–water partition coefficient (Wildman–Crippen LogP) is 3.41. The van der Waals surface area contributed by atoms with E-state index in [9.17, 15) is 31.9 Å². The summed E-state index contributed by atoms with van der Waals surface area (Å²) in [6, 6.07) is 3.43. The van der Waals surface area contributed by atoms with Crippen molar-refractivity contribution >= 4 is 12.0 Å². The Kier molecular flexibility index (Phi) is 4.72. The monoisotopic (exact) mass is 346 g/mol. The van der Waals surface area contributed by atoms with Gasteiger partial charge in [0, 0.05) is 6.08 Å². The van der Waals surface area contributed by atoms with E-state index in [-0.39, 0.29) is 5.56 Å². The van der Waals surface area contributed by atoms with Gasteiger partial charge in [-0.15, -0.1) is 0 Å². The lowest BCUT2D eigenvalue weighted by atomic mass is 10.2. The summed E-state index contributed by atoms with van der Waals surface area (Å²) in [7, 11) is 0. The van der Waals surface area contributed by atoms with E-state index in [0.717, 1.165) is 18.2 Å². The van der Waals surface area contributed by atoms with E-state index in [0.29, 0.717) is 6.08 Å². The average molecular weight is 346 g/mol. The lowest BCUT2D eigenvalue weighted by Gasteiger charge is -2.07. The van der Waals surface area contributed by atoms with Gasteiger partial charge in [-0.2, -0.15) is 8.78 Å². The first-order chi connectivity index (χ1) is 11.2. The van der Waals surface area contributed by atoms with E-state index in [1.165, 1.54) is 6.07 Å². The molecule has 0 amide bonds. The normalized spacial score (nSPS) is 11.0. The number of esters is 1. The highest BCUT2D eigenvalue weighted by molar-refractivity contribution is 5.88. The van der Waals surface area contributed by atoms with Gasteiger partial charge in [-0.1, -0.05) is 6.07 Å². The molecule has 0 atom stereocenters. The third-order valence-electron chi connectivity index (χ3n) is 2.78. The van der Waals surface area contributed by atoms with E-state index >= 15 is 0 Å². The number of phenolic OH excluding ortho intramolecular Hbond substituents is 2. The Hall–Kier alpha value is -3.10. The maximum absolute atomic E-state index is 13.3. The SMILES string of the molecule is O=C(C=Cc1ccc(O)c(O)c1)Oc1c(F)c(F)c(F)c(F)c1F. The largest absolute Gasteiger partial charge is 0.504 e.